The lowest BCUT2D eigenvalue weighted by Crippen LogP contribution is -2.53. The number of carbonyl (C=O) groups excluding carboxylic acids is 1. The Bertz CT molecular complexity index is 610. The quantitative estimate of drug-likeness (QED) is 0.364. The molecule has 2 rings (SSSR count). The van der Waals surface area contributed by atoms with Gasteiger partial charge >= 0.3 is 0 Å². The van der Waals surface area contributed by atoms with E-state index in [1.807, 2.05) is 4.90 Å². The molecular formula is C19H30BrIN4O. The first-order chi connectivity index (χ1) is 11.8. The van der Waals surface area contributed by atoms with Crippen molar-refractivity contribution in [3.8, 4) is 0 Å². The van der Waals surface area contributed by atoms with Gasteiger partial charge in [0.15, 0.2) is 5.96 Å². The summed E-state index contributed by atoms with van der Waals surface area (Å²) in [5, 5.41) is 3.39. The summed E-state index contributed by atoms with van der Waals surface area (Å²) in [6, 6.07) is 8.45. The van der Waals surface area contributed by atoms with E-state index in [4.69, 9.17) is 4.99 Å². The molecule has 0 atom stereocenters. The van der Waals surface area contributed by atoms with Gasteiger partial charge in [0.2, 0.25) is 5.91 Å². The lowest BCUT2D eigenvalue weighted by molar-refractivity contribution is -0.130. The Morgan fingerprint density at radius 3 is 2.19 bits per heavy atom. The summed E-state index contributed by atoms with van der Waals surface area (Å²) >= 11 is 3.49. The molecule has 1 aromatic rings. The van der Waals surface area contributed by atoms with Crippen LogP contribution in [0, 0.1) is 0 Å². The zero-order chi connectivity index (χ0) is 18.4. The fraction of sp³-hybridized carbons (Fsp3) is 0.579. The Kier molecular flexibility index (Phi) is 9.36. The average Bonchev–Trinajstić information content (AvgIpc) is 2.59. The first-order valence-electron chi connectivity index (χ1n) is 8.88. The van der Waals surface area contributed by atoms with Gasteiger partial charge in [-0.1, -0.05) is 41.9 Å². The van der Waals surface area contributed by atoms with Gasteiger partial charge in [-0.25, -0.2) is 0 Å². The summed E-state index contributed by atoms with van der Waals surface area (Å²) < 4.78 is 1.09. The lowest BCUT2D eigenvalue weighted by atomic mass is 9.85. The Morgan fingerprint density at radius 2 is 1.69 bits per heavy atom. The number of piperazine rings is 1. The summed E-state index contributed by atoms with van der Waals surface area (Å²) in [4.78, 5) is 20.5. The van der Waals surface area contributed by atoms with Crippen LogP contribution in [-0.4, -0.2) is 60.9 Å². The van der Waals surface area contributed by atoms with Gasteiger partial charge in [0, 0.05) is 49.5 Å². The van der Waals surface area contributed by atoms with Gasteiger partial charge in [-0.3, -0.25) is 9.79 Å². The molecule has 1 N–H and O–H groups in total. The van der Waals surface area contributed by atoms with E-state index in [9.17, 15) is 4.79 Å². The summed E-state index contributed by atoms with van der Waals surface area (Å²) in [7, 11) is 0. The standard InChI is InChI=1S/C19H29BrN4O.HI/c1-5-21-18(24-12-10-23(11-13-24)15(2)25)22-14-19(3,4)16-6-8-17(20)9-7-16;/h6-9H,5,10-14H2,1-4H3,(H,21,22);1H. The van der Waals surface area contributed by atoms with E-state index >= 15 is 0 Å². The van der Waals surface area contributed by atoms with Gasteiger partial charge in [0.1, 0.15) is 0 Å². The second kappa shape index (κ2) is 10.5. The molecule has 0 spiro atoms. The van der Waals surface area contributed by atoms with Crippen molar-refractivity contribution in [1.82, 2.24) is 15.1 Å². The minimum atomic E-state index is -0.0391. The number of benzene rings is 1. The Labute approximate surface area is 182 Å². The molecule has 1 aliphatic heterocycles. The van der Waals surface area contributed by atoms with E-state index in [-0.39, 0.29) is 35.3 Å². The fourth-order valence-electron chi connectivity index (χ4n) is 2.92. The van der Waals surface area contributed by atoms with Crippen LogP contribution in [0.3, 0.4) is 0 Å². The summed E-state index contributed by atoms with van der Waals surface area (Å²) in [6.07, 6.45) is 0. The molecule has 0 unspecified atom stereocenters. The number of halogens is 2. The normalized spacial score (nSPS) is 15.5. The number of hydrogen-bond acceptors (Lipinski definition) is 2. The molecule has 0 aromatic heterocycles. The highest BCUT2D eigenvalue weighted by Gasteiger charge is 2.23. The Balaban J connectivity index is 0.00000338. The predicted octanol–water partition coefficient (Wildman–Crippen LogP) is 3.47. The minimum absolute atomic E-state index is 0. The molecule has 0 saturated carbocycles. The van der Waals surface area contributed by atoms with Crippen molar-refractivity contribution in [2.24, 2.45) is 4.99 Å². The van der Waals surface area contributed by atoms with Crippen molar-refractivity contribution in [3.05, 3.63) is 34.3 Å². The molecule has 0 bridgehead atoms. The maximum absolute atomic E-state index is 11.5. The fourth-order valence-corrected chi connectivity index (χ4v) is 3.19. The molecule has 1 heterocycles. The maximum Gasteiger partial charge on any atom is 0.219 e. The maximum atomic E-state index is 11.5. The number of rotatable bonds is 4. The van der Waals surface area contributed by atoms with Gasteiger partial charge in [-0.15, -0.1) is 24.0 Å². The first-order valence-corrected chi connectivity index (χ1v) is 9.67. The topological polar surface area (TPSA) is 47.9 Å². The Hall–Kier alpha value is -0.830. The summed E-state index contributed by atoms with van der Waals surface area (Å²) in [6.45, 7) is 12.9. The number of nitrogens with one attached hydrogen (secondary N) is 1. The Morgan fingerprint density at radius 1 is 1.15 bits per heavy atom. The summed E-state index contributed by atoms with van der Waals surface area (Å²) in [5.41, 5.74) is 1.24. The van der Waals surface area contributed by atoms with Crippen LogP contribution in [0.15, 0.2) is 33.7 Å². The molecule has 1 aromatic carbocycles. The van der Waals surface area contributed by atoms with Crippen LogP contribution in [0.5, 0.6) is 0 Å². The second-order valence-electron chi connectivity index (χ2n) is 7.05. The lowest BCUT2D eigenvalue weighted by Gasteiger charge is -2.36. The predicted molar refractivity (Wildman–Crippen MR) is 122 cm³/mol. The van der Waals surface area contributed by atoms with Crippen LogP contribution in [0.4, 0.5) is 0 Å². The number of carbonyl (C=O) groups is 1. The number of aliphatic imine (C=N–C) groups is 1. The molecular weight excluding hydrogens is 507 g/mol. The second-order valence-corrected chi connectivity index (χ2v) is 7.97. The summed E-state index contributed by atoms with van der Waals surface area (Å²) in [5.74, 6) is 1.09. The van der Waals surface area contributed by atoms with E-state index < -0.39 is 0 Å². The average molecular weight is 537 g/mol. The van der Waals surface area contributed by atoms with E-state index in [0.29, 0.717) is 6.54 Å². The zero-order valence-electron chi connectivity index (χ0n) is 16.1. The van der Waals surface area contributed by atoms with Gasteiger partial charge in [0.25, 0.3) is 0 Å². The highest BCUT2D eigenvalue weighted by atomic mass is 127. The molecule has 1 fully saturated rings. The molecule has 146 valence electrons. The van der Waals surface area contributed by atoms with Crippen LogP contribution in [0.25, 0.3) is 0 Å². The highest BCUT2D eigenvalue weighted by Crippen LogP contribution is 2.25. The molecule has 5 nitrogen and oxygen atoms in total. The molecule has 1 saturated heterocycles. The molecule has 26 heavy (non-hydrogen) atoms. The monoisotopic (exact) mass is 536 g/mol. The number of guanidine groups is 1. The SMILES string of the molecule is CCNC(=NCC(C)(C)c1ccc(Br)cc1)N1CCN(C(C)=O)CC1.I. The largest absolute Gasteiger partial charge is 0.357 e. The van der Waals surface area contributed by atoms with Crippen molar-refractivity contribution in [2.75, 3.05) is 39.3 Å². The van der Waals surface area contributed by atoms with E-state index in [2.05, 4.69) is 71.2 Å². The van der Waals surface area contributed by atoms with Crippen LogP contribution < -0.4 is 5.32 Å². The third-order valence-corrected chi connectivity index (χ3v) is 5.14. The van der Waals surface area contributed by atoms with Crippen molar-refractivity contribution < 1.29 is 4.79 Å². The van der Waals surface area contributed by atoms with Crippen LogP contribution in [0.2, 0.25) is 0 Å². The van der Waals surface area contributed by atoms with E-state index in [0.717, 1.165) is 43.2 Å². The van der Waals surface area contributed by atoms with Crippen molar-refractivity contribution in [3.63, 3.8) is 0 Å². The number of hydrogen-bond donors (Lipinski definition) is 1. The van der Waals surface area contributed by atoms with Crippen molar-refractivity contribution in [1.29, 1.82) is 0 Å². The number of amides is 1. The molecule has 0 radical (unpaired) electrons. The molecule has 7 heteroatoms. The van der Waals surface area contributed by atoms with Crippen LogP contribution >= 0.6 is 39.9 Å². The third-order valence-electron chi connectivity index (χ3n) is 4.61. The third kappa shape index (κ3) is 6.40. The van der Waals surface area contributed by atoms with Crippen molar-refractivity contribution >= 4 is 51.8 Å². The van der Waals surface area contributed by atoms with E-state index in [1.165, 1.54) is 5.56 Å². The van der Waals surface area contributed by atoms with Gasteiger partial charge in [-0.2, -0.15) is 0 Å². The van der Waals surface area contributed by atoms with Gasteiger partial charge in [0.05, 0.1) is 6.54 Å². The molecule has 0 aliphatic carbocycles. The zero-order valence-corrected chi connectivity index (χ0v) is 20.0. The first kappa shape index (κ1) is 23.2. The van der Waals surface area contributed by atoms with Gasteiger partial charge < -0.3 is 15.1 Å². The van der Waals surface area contributed by atoms with Crippen molar-refractivity contribution in [2.45, 2.75) is 33.1 Å². The molecule has 1 amide bonds. The van der Waals surface area contributed by atoms with Gasteiger partial charge in [-0.05, 0) is 24.6 Å². The van der Waals surface area contributed by atoms with Crippen LogP contribution in [0.1, 0.15) is 33.3 Å². The smallest absolute Gasteiger partial charge is 0.219 e. The minimum Gasteiger partial charge on any atom is -0.357 e. The molecule has 1 aliphatic rings. The highest BCUT2D eigenvalue weighted by molar-refractivity contribution is 14.0. The van der Waals surface area contributed by atoms with Crippen LogP contribution in [-0.2, 0) is 10.2 Å². The van der Waals surface area contributed by atoms with E-state index in [1.54, 1.807) is 6.92 Å². The number of nitrogens with zero attached hydrogens (tertiary/aromatic N) is 3.